The summed E-state index contributed by atoms with van der Waals surface area (Å²) in [5.74, 6) is 0.692. The molecule has 0 fully saturated rings. The number of nitriles is 1. The van der Waals surface area contributed by atoms with Crippen LogP contribution < -0.4 is 15.4 Å². The maximum absolute atomic E-state index is 11.5. The van der Waals surface area contributed by atoms with Gasteiger partial charge >= 0.3 is 0 Å². The SMILES string of the molecule is CC(CNCC1CNc2cc(-c3cnn(CS(C)(=O)=O)c3)cnc2O1)c1ccc(C#N)cc1.c1ccccc1. The summed E-state index contributed by atoms with van der Waals surface area (Å²) >= 11 is 0. The number of hydrogen-bond donors (Lipinski definition) is 2. The van der Waals surface area contributed by atoms with Crippen LogP contribution in [-0.2, 0) is 15.7 Å². The molecule has 0 amide bonds. The van der Waals surface area contributed by atoms with Gasteiger partial charge in [-0.3, -0.25) is 4.68 Å². The number of fused-ring (bicyclic) bond motifs is 1. The Kier molecular flexibility index (Phi) is 9.31. The van der Waals surface area contributed by atoms with E-state index in [4.69, 9.17) is 10.00 Å². The van der Waals surface area contributed by atoms with E-state index in [2.05, 4.69) is 33.7 Å². The van der Waals surface area contributed by atoms with Gasteiger partial charge in [-0.25, -0.2) is 13.4 Å². The minimum Gasteiger partial charge on any atom is -0.470 e. The highest BCUT2D eigenvalue weighted by molar-refractivity contribution is 7.89. The second-order valence-corrected chi connectivity index (χ2v) is 11.6. The molecule has 1 aliphatic heterocycles. The van der Waals surface area contributed by atoms with Crippen LogP contribution in [0, 0.1) is 11.3 Å². The van der Waals surface area contributed by atoms with Gasteiger partial charge in [0.1, 0.15) is 12.0 Å². The molecular formula is C29H32N6O3S. The van der Waals surface area contributed by atoms with Crippen molar-refractivity contribution in [2.24, 2.45) is 0 Å². The molecule has 39 heavy (non-hydrogen) atoms. The van der Waals surface area contributed by atoms with E-state index in [1.165, 1.54) is 16.5 Å². The predicted molar refractivity (Wildman–Crippen MR) is 152 cm³/mol. The third kappa shape index (κ3) is 8.40. The molecule has 0 saturated carbocycles. The lowest BCUT2D eigenvalue weighted by Gasteiger charge is -2.27. The van der Waals surface area contributed by atoms with Crippen molar-refractivity contribution in [3.63, 3.8) is 0 Å². The van der Waals surface area contributed by atoms with Gasteiger partial charge in [-0.1, -0.05) is 55.5 Å². The molecule has 0 aliphatic carbocycles. The second-order valence-electron chi connectivity index (χ2n) is 9.47. The number of anilines is 1. The van der Waals surface area contributed by atoms with Crippen LogP contribution >= 0.6 is 0 Å². The molecule has 9 nitrogen and oxygen atoms in total. The van der Waals surface area contributed by atoms with Gasteiger partial charge in [0.15, 0.2) is 9.84 Å². The highest BCUT2D eigenvalue weighted by Gasteiger charge is 2.21. The molecule has 4 aromatic rings. The second kappa shape index (κ2) is 13.0. The molecule has 1 aliphatic rings. The van der Waals surface area contributed by atoms with Crippen molar-refractivity contribution in [2.45, 2.75) is 24.8 Å². The minimum absolute atomic E-state index is 0.0541. The van der Waals surface area contributed by atoms with Crippen LogP contribution in [0.2, 0.25) is 0 Å². The Morgan fingerprint density at radius 2 is 1.82 bits per heavy atom. The van der Waals surface area contributed by atoms with E-state index in [-0.39, 0.29) is 12.0 Å². The maximum Gasteiger partial charge on any atom is 0.237 e. The largest absolute Gasteiger partial charge is 0.470 e. The zero-order chi connectivity index (χ0) is 27.7. The summed E-state index contributed by atoms with van der Waals surface area (Å²) in [6.07, 6.45) is 6.14. The third-order valence-corrected chi connectivity index (χ3v) is 6.81. The molecule has 2 unspecified atom stereocenters. The molecule has 2 N–H and O–H groups in total. The molecule has 0 radical (unpaired) electrons. The van der Waals surface area contributed by atoms with Gasteiger partial charge in [0.2, 0.25) is 5.88 Å². The fourth-order valence-corrected chi connectivity index (χ4v) is 4.66. The Hall–Kier alpha value is -4.20. The van der Waals surface area contributed by atoms with Crippen LogP contribution in [0.15, 0.2) is 85.3 Å². The zero-order valence-corrected chi connectivity index (χ0v) is 22.8. The van der Waals surface area contributed by atoms with Gasteiger partial charge in [0.05, 0.1) is 30.1 Å². The van der Waals surface area contributed by atoms with E-state index in [0.29, 0.717) is 30.5 Å². The number of benzene rings is 2. The summed E-state index contributed by atoms with van der Waals surface area (Å²) in [6.45, 7) is 4.26. The van der Waals surface area contributed by atoms with Crippen molar-refractivity contribution in [1.82, 2.24) is 20.1 Å². The first-order valence-corrected chi connectivity index (χ1v) is 14.7. The van der Waals surface area contributed by atoms with Crippen molar-refractivity contribution in [2.75, 3.05) is 31.2 Å². The van der Waals surface area contributed by atoms with Gasteiger partial charge in [-0.2, -0.15) is 10.4 Å². The number of sulfone groups is 1. The molecule has 3 heterocycles. The Balaban J connectivity index is 0.000000519. The number of rotatable bonds is 8. The standard InChI is InChI=1S/C23H26N6O3S.C6H6/c1-16(18-5-3-17(8-24)4-6-18)9-25-12-21-13-26-22-7-19(10-27-23(22)32-21)20-11-28-29(14-20)15-33(2,30)31;1-2-4-6-5-3-1/h3-7,10-11,14,16,21,25-26H,9,12-13,15H2,1-2H3;1-6H. The van der Waals surface area contributed by atoms with Crippen LogP contribution in [0.3, 0.4) is 0 Å². The van der Waals surface area contributed by atoms with Crippen molar-refractivity contribution in [1.29, 1.82) is 5.26 Å². The van der Waals surface area contributed by atoms with E-state index in [1.807, 2.05) is 66.7 Å². The molecule has 2 atom stereocenters. The fourth-order valence-electron chi connectivity index (χ4n) is 4.04. The maximum atomic E-state index is 11.5. The lowest BCUT2D eigenvalue weighted by Crippen LogP contribution is -2.40. The molecule has 5 rings (SSSR count). The summed E-state index contributed by atoms with van der Waals surface area (Å²) < 4.78 is 30.4. The van der Waals surface area contributed by atoms with Crippen LogP contribution in [0.25, 0.3) is 11.1 Å². The lowest BCUT2D eigenvalue weighted by atomic mass is 10.00. The first-order chi connectivity index (χ1) is 18.8. The van der Waals surface area contributed by atoms with E-state index in [1.54, 1.807) is 18.6 Å². The van der Waals surface area contributed by atoms with Crippen LogP contribution in [0.4, 0.5) is 5.69 Å². The highest BCUT2D eigenvalue weighted by atomic mass is 32.2. The average Bonchev–Trinajstić information content (AvgIpc) is 3.41. The summed E-state index contributed by atoms with van der Waals surface area (Å²) in [7, 11) is -3.16. The first-order valence-electron chi connectivity index (χ1n) is 12.6. The van der Waals surface area contributed by atoms with Crippen LogP contribution in [-0.4, -0.2) is 55.2 Å². The first kappa shape index (κ1) is 27.8. The summed E-state index contributed by atoms with van der Waals surface area (Å²) in [6, 6.07) is 23.7. The normalized spacial score (nSPS) is 14.9. The topological polar surface area (TPSA) is 122 Å². The molecule has 0 spiro atoms. The Bertz CT molecular complexity index is 1470. The van der Waals surface area contributed by atoms with E-state index in [0.717, 1.165) is 23.4 Å². The molecule has 0 saturated heterocycles. The summed E-state index contributed by atoms with van der Waals surface area (Å²) in [5, 5.41) is 19.9. The van der Waals surface area contributed by atoms with Crippen molar-refractivity contribution >= 4 is 15.5 Å². The van der Waals surface area contributed by atoms with Crippen molar-refractivity contribution in [3.8, 4) is 23.1 Å². The van der Waals surface area contributed by atoms with Gasteiger partial charge in [-0.15, -0.1) is 0 Å². The molecule has 2 aromatic carbocycles. The predicted octanol–water partition coefficient (Wildman–Crippen LogP) is 4.07. The smallest absolute Gasteiger partial charge is 0.237 e. The molecule has 0 bridgehead atoms. The molecule has 202 valence electrons. The fraction of sp³-hybridized carbons (Fsp3) is 0.276. The Morgan fingerprint density at radius 1 is 1.13 bits per heavy atom. The van der Waals surface area contributed by atoms with E-state index >= 15 is 0 Å². The number of hydrogen-bond acceptors (Lipinski definition) is 8. The number of pyridine rings is 1. The molecular weight excluding hydrogens is 512 g/mol. The third-order valence-electron chi connectivity index (χ3n) is 6.08. The summed E-state index contributed by atoms with van der Waals surface area (Å²) in [5.41, 5.74) is 4.26. The molecule has 10 heteroatoms. The monoisotopic (exact) mass is 544 g/mol. The zero-order valence-electron chi connectivity index (χ0n) is 22.0. The highest BCUT2D eigenvalue weighted by Crippen LogP contribution is 2.31. The summed E-state index contributed by atoms with van der Waals surface area (Å²) in [4.78, 5) is 4.44. The van der Waals surface area contributed by atoms with Crippen molar-refractivity contribution in [3.05, 3.63) is 96.4 Å². The van der Waals surface area contributed by atoms with Gasteiger partial charge in [-0.05, 0) is 29.7 Å². The lowest BCUT2D eigenvalue weighted by molar-refractivity contribution is 0.193. The van der Waals surface area contributed by atoms with Crippen LogP contribution in [0.5, 0.6) is 5.88 Å². The number of ether oxygens (including phenoxy) is 1. The van der Waals surface area contributed by atoms with Gasteiger partial charge < -0.3 is 15.4 Å². The van der Waals surface area contributed by atoms with Gasteiger partial charge in [0, 0.05) is 42.9 Å². The van der Waals surface area contributed by atoms with Crippen molar-refractivity contribution < 1.29 is 13.2 Å². The van der Waals surface area contributed by atoms with Crippen LogP contribution in [0.1, 0.15) is 24.0 Å². The molecule has 2 aromatic heterocycles. The van der Waals surface area contributed by atoms with Gasteiger partial charge in [0.25, 0.3) is 0 Å². The van der Waals surface area contributed by atoms with E-state index in [9.17, 15) is 8.42 Å². The minimum atomic E-state index is -3.16. The number of nitrogens with zero attached hydrogens (tertiary/aromatic N) is 4. The quantitative estimate of drug-likeness (QED) is 0.340. The Morgan fingerprint density at radius 3 is 2.46 bits per heavy atom. The average molecular weight is 545 g/mol. The Labute approximate surface area is 229 Å². The van der Waals surface area contributed by atoms with E-state index < -0.39 is 9.84 Å². The number of nitrogens with one attached hydrogen (secondary N) is 2. The number of aromatic nitrogens is 3.